The van der Waals surface area contributed by atoms with Crippen LogP contribution in [0, 0.1) is 5.92 Å². The van der Waals surface area contributed by atoms with Crippen LogP contribution in [0.15, 0.2) is 29.2 Å². The van der Waals surface area contributed by atoms with Gasteiger partial charge in [-0.05, 0) is 25.1 Å². The van der Waals surface area contributed by atoms with Crippen LogP contribution < -0.4 is 10.0 Å². The highest BCUT2D eigenvalue weighted by atomic mass is 32.2. The quantitative estimate of drug-likeness (QED) is 0.811. The van der Waals surface area contributed by atoms with Crippen molar-refractivity contribution in [3.8, 4) is 0 Å². The Balaban J connectivity index is 2.26. The van der Waals surface area contributed by atoms with E-state index in [9.17, 15) is 13.2 Å². The van der Waals surface area contributed by atoms with Crippen molar-refractivity contribution in [3.63, 3.8) is 0 Å². The predicted molar refractivity (Wildman–Crippen MR) is 85.0 cm³/mol. The number of carbonyl (C=O) groups excluding carboxylic acids is 1. The number of benzene rings is 1. The van der Waals surface area contributed by atoms with Crippen molar-refractivity contribution in [2.24, 2.45) is 5.92 Å². The molecule has 2 rings (SSSR count). The standard InChI is InChI=1S/C15H23N3O3S/c1-4-11-7-5-6-8-14(11)22(20,21)17-13-10-18(3)9-12(13)15(19)16-2/h5-8,12-13,17H,4,9-10H2,1-3H3,(H,16,19)/t12-,13-/m0/s1. The van der Waals surface area contributed by atoms with Gasteiger partial charge in [0.25, 0.3) is 0 Å². The lowest BCUT2D eigenvalue weighted by Crippen LogP contribution is -2.45. The van der Waals surface area contributed by atoms with Crippen molar-refractivity contribution in [1.29, 1.82) is 0 Å². The van der Waals surface area contributed by atoms with Crippen molar-refractivity contribution in [2.75, 3.05) is 27.2 Å². The molecule has 2 atom stereocenters. The van der Waals surface area contributed by atoms with Gasteiger partial charge in [-0.25, -0.2) is 13.1 Å². The first-order valence-corrected chi connectivity index (χ1v) is 8.87. The Morgan fingerprint density at radius 2 is 2.00 bits per heavy atom. The summed E-state index contributed by atoms with van der Waals surface area (Å²) in [6, 6.07) is 6.54. The third-order valence-electron chi connectivity index (χ3n) is 4.04. The van der Waals surface area contributed by atoms with E-state index in [2.05, 4.69) is 10.0 Å². The molecule has 2 N–H and O–H groups in total. The molecule has 0 spiro atoms. The minimum atomic E-state index is -3.64. The van der Waals surface area contributed by atoms with Crippen LogP contribution in [-0.4, -0.2) is 52.5 Å². The number of sulfonamides is 1. The zero-order valence-corrected chi connectivity index (χ0v) is 14.0. The number of hydrogen-bond donors (Lipinski definition) is 2. The van der Waals surface area contributed by atoms with Gasteiger partial charge in [-0.2, -0.15) is 0 Å². The fourth-order valence-corrected chi connectivity index (χ4v) is 4.47. The molecule has 0 bridgehead atoms. The first-order valence-electron chi connectivity index (χ1n) is 7.39. The molecule has 1 aliphatic heterocycles. The largest absolute Gasteiger partial charge is 0.359 e. The van der Waals surface area contributed by atoms with E-state index in [1.807, 2.05) is 31.0 Å². The molecule has 6 nitrogen and oxygen atoms in total. The number of carbonyl (C=O) groups is 1. The number of nitrogens with one attached hydrogen (secondary N) is 2. The van der Waals surface area contributed by atoms with Crippen LogP contribution in [0.4, 0.5) is 0 Å². The van der Waals surface area contributed by atoms with Crippen molar-refractivity contribution >= 4 is 15.9 Å². The molecular weight excluding hydrogens is 302 g/mol. The van der Waals surface area contributed by atoms with Gasteiger partial charge in [0.05, 0.1) is 10.8 Å². The van der Waals surface area contributed by atoms with Gasteiger partial charge in [-0.15, -0.1) is 0 Å². The van der Waals surface area contributed by atoms with E-state index in [1.54, 1.807) is 19.2 Å². The topological polar surface area (TPSA) is 78.5 Å². The van der Waals surface area contributed by atoms with Gasteiger partial charge < -0.3 is 10.2 Å². The molecule has 1 aromatic carbocycles. The van der Waals surface area contributed by atoms with Crippen LogP contribution in [0.1, 0.15) is 12.5 Å². The Bertz CT molecular complexity index is 645. The van der Waals surface area contributed by atoms with Crippen LogP contribution in [0.25, 0.3) is 0 Å². The fourth-order valence-electron chi connectivity index (χ4n) is 2.89. The first kappa shape index (κ1) is 16.9. The van der Waals surface area contributed by atoms with E-state index in [0.717, 1.165) is 5.56 Å². The summed E-state index contributed by atoms with van der Waals surface area (Å²) in [5.41, 5.74) is 0.776. The lowest BCUT2D eigenvalue weighted by atomic mass is 10.0. The molecule has 0 radical (unpaired) electrons. The van der Waals surface area contributed by atoms with Crippen LogP contribution >= 0.6 is 0 Å². The highest BCUT2D eigenvalue weighted by Gasteiger charge is 2.38. The number of hydrogen-bond acceptors (Lipinski definition) is 4. The number of amides is 1. The molecular formula is C15H23N3O3S. The van der Waals surface area contributed by atoms with Crippen molar-refractivity contribution in [2.45, 2.75) is 24.3 Å². The maximum Gasteiger partial charge on any atom is 0.241 e. The van der Waals surface area contributed by atoms with E-state index in [-0.39, 0.29) is 11.8 Å². The van der Waals surface area contributed by atoms with E-state index < -0.39 is 16.1 Å². The van der Waals surface area contributed by atoms with Crippen LogP contribution in [0.5, 0.6) is 0 Å². The Labute approximate surface area is 131 Å². The molecule has 0 unspecified atom stereocenters. The highest BCUT2D eigenvalue weighted by molar-refractivity contribution is 7.89. The second-order valence-corrected chi connectivity index (χ2v) is 7.31. The van der Waals surface area contributed by atoms with Crippen molar-refractivity contribution in [1.82, 2.24) is 14.9 Å². The average Bonchev–Trinajstić information content (AvgIpc) is 2.86. The normalized spacial score (nSPS) is 22.7. The average molecular weight is 325 g/mol. The maximum atomic E-state index is 12.7. The van der Waals surface area contributed by atoms with Gasteiger partial charge in [0.15, 0.2) is 0 Å². The Morgan fingerprint density at radius 3 is 2.64 bits per heavy atom. The molecule has 1 saturated heterocycles. The molecule has 0 aliphatic carbocycles. The zero-order valence-electron chi connectivity index (χ0n) is 13.2. The van der Waals surface area contributed by atoms with Crippen molar-refractivity contribution < 1.29 is 13.2 Å². The molecule has 122 valence electrons. The third-order valence-corrected chi connectivity index (χ3v) is 5.63. The van der Waals surface area contributed by atoms with E-state index >= 15 is 0 Å². The molecule has 1 aromatic rings. The Morgan fingerprint density at radius 1 is 1.32 bits per heavy atom. The third kappa shape index (κ3) is 3.48. The molecule has 1 heterocycles. The SMILES string of the molecule is CCc1ccccc1S(=O)(=O)N[C@H]1CN(C)C[C@@H]1C(=O)NC. The summed E-state index contributed by atoms with van der Waals surface area (Å²) in [4.78, 5) is 14.2. The number of aryl methyl sites for hydroxylation is 1. The van der Waals surface area contributed by atoms with Gasteiger partial charge in [-0.1, -0.05) is 25.1 Å². The summed E-state index contributed by atoms with van der Waals surface area (Å²) in [6.45, 7) is 2.99. The molecule has 1 amide bonds. The molecule has 22 heavy (non-hydrogen) atoms. The number of likely N-dealkylation sites (N-methyl/N-ethyl adjacent to an activating group) is 1. The molecule has 0 aromatic heterocycles. The molecule has 0 saturated carbocycles. The van der Waals surface area contributed by atoms with E-state index in [1.165, 1.54) is 0 Å². The summed E-state index contributed by atoms with van der Waals surface area (Å²) in [5.74, 6) is -0.514. The Kier molecular flexibility index (Phi) is 5.20. The predicted octanol–water partition coefficient (Wildman–Crippen LogP) is 0.204. The van der Waals surface area contributed by atoms with Gasteiger partial charge in [0.2, 0.25) is 15.9 Å². The number of nitrogens with zero attached hydrogens (tertiary/aromatic N) is 1. The summed E-state index contributed by atoms with van der Waals surface area (Å²) >= 11 is 0. The molecule has 7 heteroatoms. The zero-order chi connectivity index (χ0) is 16.3. The van der Waals surface area contributed by atoms with Gasteiger partial charge in [0, 0.05) is 26.2 Å². The number of rotatable bonds is 5. The van der Waals surface area contributed by atoms with Crippen LogP contribution in [-0.2, 0) is 21.2 Å². The fraction of sp³-hybridized carbons (Fsp3) is 0.533. The smallest absolute Gasteiger partial charge is 0.241 e. The van der Waals surface area contributed by atoms with E-state index in [4.69, 9.17) is 0 Å². The summed E-state index contributed by atoms with van der Waals surface area (Å²) in [5, 5.41) is 2.61. The highest BCUT2D eigenvalue weighted by Crippen LogP contribution is 2.21. The maximum absolute atomic E-state index is 12.7. The van der Waals surface area contributed by atoms with Crippen LogP contribution in [0.3, 0.4) is 0 Å². The van der Waals surface area contributed by atoms with E-state index in [0.29, 0.717) is 24.4 Å². The van der Waals surface area contributed by atoms with Gasteiger partial charge in [-0.3, -0.25) is 4.79 Å². The van der Waals surface area contributed by atoms with Crippen LogP contribution in [0.2, 0.25) is 0 Å². The summed E-state index contributed by atoms with van der Waals surface area (Å²) in [6.07, 6.45) is 0.639. The summed E-state index contributed by atoms with van der Waals surface area (Å²) < 4.78 is 28.1. The minimum Gasteiger partial charge on any atom is -0.359 e. The second kappa shape index (κ2) is 6.76. The minimum absolute atomic E-state index is 0.138. The number of likely N-dealkylation sites (tertiary alicyclic amines) is 1. The summed E-state index contributed by atoms with van der Waals surface area (Å²) in [7, 11) is -0.194. The first-order chi connectivity index (χ1) is 10.4. The Hall–Kier alpha value is -1.44. The molecule has 1 aliphatic rings. The van der Waals surface area contributed by atoms with Gasteiger partial charge >= 0.3 is 0 Å². The lowest BCUT2D eigenvalue weighted by molar-refractivity contribution is -0.124. The lowest BCUT2D eigenvalue weighted by Gasteiger charge is -2.19. The monoisotopic (exact) mass is 325 g/mol. The second-order valence-electron chi connectivity index (χ2n) is 5.63. The van der Waals surface area contributed by atoms with Gasteiger partial charge in [0.1, 0.15) is 0 Å². The van der Waals surface area contributed by atoms with Crippen molar-refractivity contribution in [3.05, 3.63) is 29.8 Å². The molecule has 1 fully saturated rings.